The van der Waals surface area contributed by atoms with Gasteiger partial charge in [-0.25, -0.2) is 8.42 Å². The monoisotopic (exact) mass is 425 g/mol. The quantitative estimate of drug-likeness (QED) is 0.538. The van der Waals surface area contributed by atoms with Gasteiger partial charge in [0.15, 0.2) is 0 Å². The molecule has 154 valence electrons. The minimum absolute atomic E-state index is 0. The summed E-state index contributed by atoms with van der Waals surface area (Å²) in [7, 11) is -3.79. The zero-order valence-corrected chi connectivity index (χ0v) is 18.0. The van der Waals surface area contributed by atoms with Gasteiger partial charge in [-0.2, -0.15) is 0 Å². The number of nitrogens with one attached hydrogen (secondary N) is 3. The number of sulfonamides is 1. The van der Waals surface area contributed by atoms with Crippen LogP contribution in [0.2, 0.25) is 0 Å². The Kier molecular flexibility index (Phi) is 9.45. The molecule has 0 saturated carbocycles. The molecule has 0 aromatic heterocycles. The molecule has 28 heavy (non-hydrogen) atoms. The van der Waals surface area contributed by atoms with Crippen LogP contribution in [0.1, 0.15) is 34.8 Å². The molecule has 2 rings (SSSR count). The Morgan fingerprint density at radius 3 is 2.29 bits per heavy atom. The van der Waals surface area contributed by atoms with Crippen molar-refractivity contribution in [1.29, 1.82) is 0 Å². The van der Waals surface area contributed by atoms with Crippen molar-refractivity contribution < 1.29 is 13.2 Å². The molecule has 0 aliphatic heterocycles. The van der Waals surface area contributed by atoms with E-state index >= 15 is 0 Å². The third-order valence-electron chi connectivity index (χ3n) is 4.06. The van der Waals surface area contributed by atoms with Gasteiger partial charge in [-0.05, 0) is 56.6 Å². The van der Waals surface area contributed by atoms with E-state index in [0.717, 1.165) is 18.5 Å². The van der Waals surface area contributed by atoms with Crippen molar-refractivity contribution in [2.45, 2.75) is 32.1 Å². The first-order valence-corrected chi connectivity index (χ1v) is 10.5. The number of hydrogen-bond donors (Lipinski definition) is 3. The molecule has 0 heterocycles. The molecule has 2 aromatic rings. The maximum Gasteiger partial charge on any atom is 0.262 e. The maximum atomic E-state index is 12.8. The fourth-order valence-electron chi connectivity index (χ4n) is 2.53. The Hall–Kier alpha value is -2.09. The Morgan fingerprint density at radius 1 is 0.964 bits per heavy atom. The first-order chi connectivity index (χ1) is 12.8. The van der Waals surface area contributed by atoms with Crippen LogP contribution in [0.3, 0.4) is 0 Å². The summed E-state index contributed by atoms with van der Waals surface area (Å²) < 4.78 is 28.1. The van der Waals surface area contributed by atoms with E-state index in [1.165, 1.54) is 6.07 Å². The second kappa shape index (κ2) is 11.0. The van der Waals surface area contributed by atoms with Crippen molar-refractivity contribution in [3.63, 3.8) is 0 Å². The lowest BCUT2D eigenvalue weighted by molar-refractivity contribution is 0.0953. The van der Waals surface area contributed by atoms with Crippen LogP contribution in [0.15, 0.2) is 47.4 Å². The van der Waals surface area contributed by atoms with Gasteiger partial charge < -0.3 is 10.6 Å². The van der Waals surface area contributed by atoms with E-state index in [1.54, 1.807) is 31.2 Å². The lowest BCUT2D eigenvalue weighted by atomic mass is 10.1. The highest BCUT2D eigenvalue weighted by atomic mass is 35.5. The molecule has 0 bridgehead atoms. The SMILES string of the molecule is CCCNCCNC(=O)c1ccc(C)c(S(=O)(=O)Nc2ccc(C)cc2)c1.Cl. The molecular weight excluding hydrogens is 398 g/mol. The van der Waals surface area contributed by atoms with E-state index in [4.69, 9.17) is 0 Å². The zero-order chi connectivity index (χ0) is 19.9. The van der Waals surface area contributed by atoms with Crippen molar-refractivity contribution in [3.8, 4) is 0 Å². The van der Waals surface area contributed by atoms with Crippen molar-refractivity contribution in [3.05, 3.63) is 59.2 Å². The van der Waals surface area contributed by atoms with E-state index in [1.807, 2.05) is 19.1 Å². The summed E-state index contributed by atoms with van der Waals surface area (Å²) in [4.78, 5) is 12.4. The lowest BCUT2D eigenvalue weighted by Gasteiger charge is -2.12. The number of carbonyl (C=O) groups excluding carboxylic acids is 1. The van der Waals surface area contributed by atoms with Crippen molar-refractivity contribution in [2.75, 3.05) is 24.4 Å². The summed E-state index contributed by atoms with van der Waals surface area (Å²) in [6, 6.07) is 11.8. The summed E-state index contributed by atoms with van der Waals surface area (Å²) in [5, 5.41) is 5.99. The number of halogens is 1. The molecule has 0 atom stereocenters. The van der Waals surface area contributed by atoms with E-state index in [-0.39, 0.29) is 23.2 Å². The van der Waals surface area contributed by atoms with Crippen molar-refractivity contribution in [2.24, 2.45) is 0 Å². The lowest BCUT2D eigenvalue weighted by Crippen LogP contribution is -2.32. The van der Waals surface area contributed by atoms with E-state index < -0.39 is 10.0 Å². The van der Waals surface area contributed by atoms with Crippen LogP contribution in [-0.4, -0.2) is 34.0 Å². The number of amides is 1. The van der Waals surface area contributed by atoms with Gasteiger partial charge in [0.25, 0.3) is 15.9 Å². The summed E-state index contributed by atoms with van der Waals surface area (Å²) in [5.41, 5.74) is 2.43. The van der Waals surface area contributed by atoms with Gasteiger partial charge in [-0.3, -0.25) is 9.52 Å². The molecule has 6 nitrogen and oxygen atoms in total. The molecule has 1 amide bonds. The Balaban J connectivity index is 0.00000392. The van der Waals surface area contributed by atoms with Crippen LogP contribution < -0.4 is 15.4 Å². The first-order valence-electron chi connectivity index (χ1n) is 9.02. The summed E-state index contributed by atoms with van der Waals surface area (Å²) in [5.74, 6) is -0.292. The Labute approximate surface area is 173 Å². The molecule has 0 spiro atoms. The zero-order valence-electron chi connectivity index (χ0n) is 16.4. The standard InChI is InChI=1S/C20H27N3O3S.ClH/c1-4-11-21-12-13-22-20(24)17-8-7-16(3)19(14-17)27(25,26)23-18-9-5-15(2)6-10-18;/h5-10,14,21,23H,4,11-13H2,1-3H3,(H,22,24);1H. The highest BCUT2D eigenvalue weighted by Gasteiger charge is 2.19. The molecule has 0 aliphatic rings. The molecule has 3 N–H and O–H groups in total. The maximum absolute atomic E-state index is 12.8. The average Bonchev–Trinajstić information content (AvgIpc) is 2.63. The topological polar surface area (TPSA) is 87.3 Å². The predicted molar refractivity (Wildman–Crippen MR) is 116 cm³/mol. The van der Waals surface area contributed by atoms with Gasteiger partial charge in [-0.1, -0.05) is 30.7 Å². The summed E-state index contributed by atoms with van der Waals surface area (Å²) in [6.45, 7) is 7.77. The minimum atomic E-state index is -3.79. The normalized spacial score (nSPS) is 10.8. The number of anilines is 1. The molecule has 0 radical (unpaired) electrons. The first kappa shape index (κ1) is 23.9. The average molecular weight is 426 g/mol. The van der Waals surface area contributed by atoms with Gasteiger partial charge in [0.1, 0.15) is 0 Å². The summed E-state index contributed by atoms with van der Waals surface area (Å²) >= 11 is 0. The van der Waals surface area contributed by atoms with Crippen LogP contribution in [0.5, 0.6) is 0 Å². The minimum Gasteiger partial charge on any atom is -0.351 e. The van der Waals surface area contributed by atoms with Crippen LogP contribution >= 0.6 is 12.4 Å². The molecule has 8 heteroatoms. The van der Waals surface area contributed by atoms with Gasteiger partial charge >= 0.3 is 0 Å². The molecule has 0 saturated heterocycles. The predicted octanol–water partition coefficient (Wildman–Crippen LogP) is 3.26. The van der Waals surface area contributed by atoms with Crippen LogP contribution in [0, 0.1) is 13.8 Å². The fraction of sp³-hybridized carbons (Fsp3) is 0.350. The van der Waals surface area contributed by atoms with Gasteiger partial charge in [0.2, 0.25) is 0 Å². The number of carbonyl (C=O) groups is 1. The van der Waals surface area contributed by atoms with Crippen molar-refractivity contribution >= 4 is 34.0 Å². The number of benzene rings is 2. The smallest absolute Gasteiger partial charge is 0.262 e. The van der Waals surface area contributed by atoms with Gasteiger partial charge in [0, 0.05) is 24.3 Å². The Morgan fingerprint density at radius 2 is 1.64 bits per heavy atom. The summed E-state index contributed by atoms with van der Waals surface area (Å²) in [6.07, 6.45) is 1.03. The third-order valence-corrected chi connectivity index (χ3v) is 5.58. The van der Waals surface area contributed by atoms with E-state index in [2.05, 4.69) is 22.3 Å². The largest absolute Gasteiger partial charge is 0.351 e. The van der Waals surface area contributed by atoms with E-state index in [9.17, 15) is 13.2 Å². The number of aryl methyl sites for hydroxylation is 2. The second-order valence-electron chi connectivity index (χ2n) is 6.46. The van der Waals surface area contributed by atoms with E-state index in [0.29, 0.717) is 29.9 Å². The molecule has 0 aliphatic carbocycles. The Bertz CT molecular complexity index is 884. The molecule has 0 unspecified atom stereocenters. The highest BCUT2D eigenvalue weighted by molar-refractivity contribution is 7.92. The van der Waals surface area contributed by atoms with Gasteiger partial charge in [0.05, 0.1) is 4.90 Å². The molecule has 0 fully saturated rings. The highest BCUT2D eigenvalue weighted by Crippen LogP contribution is 2.21. The van der Waals surface area contributed by atoms with Crippen LogP contribution in [0.25, 0.3) is 0 Å². The van der Waals surface area contributed by atoms with Gasteiger partial charge in [-0.15, -0.1) is 12.4 Å². The third kappa shape index (κ3) is 6.82. The fourth-order valence-corrected chi connectivity index (χ4v) is 3.86. The number of hydrogen-bond acceptors (Lipinski definition) is 4. The second-order valence-corrected chi connectivity index (χ2v) is 8.11. The van der Waals surface area contributed by atoms with Crippen LogP contribution in [0.4, 0.5) is 5.69 Å². The number of rotatable bonds is 9. The molecule has 2 aromatic carbocycles. The van der Waals surface area contributed by atoms with Crippen molar-refractivity contribution in [1.82, 2.24) is 10.6 Å². The molecular formula is C20H28ClN3O3S. The van der Waals surface area contributed by atoms with Crippen LogP contribution in [-0.2, 0) is 10.0 Å².